The van der Waals surface area contributed by atoms with Crippen molar-refractivity contribution in [3.8, 4) is 0 Å². The first-order valence-corrected chi connectivity index (χ1v) is 10.6. The Hall–Kier alpha value is -1.20. The third kappa shape index (κ3) is 4.88. The van der Waals surface area contributed by atoms with Crippen LogP contribution in [0.3, 0.4) is 0 Å². The Morgan fingerprint density at radius 3 is 2.04 bits per heavy atom. The molecule has 0 aromatic heterocycles. The van der Waals surface area contributed by atoms with Crippen LogP contribution in [-0.4, -0.2) is 28.6 Å². The fraction of sp³-hybridized carbons (Fsp3) is 0.474. The van der Waals surface area contributed by atoms with Crippen LogP contribution in [0.2, 0.25) is 6.04 Å². The average Bonchev–Trinajstić information content (AvgIpc) is 2.56. The number of aryl methyl sites for hydroxylation is 1. The first kappa shape index (κ1) is 18.1. The van der Waals surface area contributed by atoms with E-state index in [1.807, 2.05) is 20.8 Å². The number of benzene rings is 2. The van der Waals surface area contributed by atoms with Gasteiger partial charge in [-0.1, -0.05) is 42.5 Å². The topological polar surface area (TPSA) is 27.7 Å². The van der Waals surface area contributed by atoms with Crippen molar-refractivity contribution in [2.75, 3.05) is 19.8 Å². The summed E-state index contributed by atoms with van der Waals surface area (Å²) in [6.45, 7) is 7.93. The van der Waals surface area contributed by atoms with Gasteiger partial charge in [-0.3, -0.25) is 0 Å². The molecular formula is C19H28O3Si. The van der Waals surface area contributed by atoms with Gasteiger partial charge >= 0.3 is 8.80 Å². The van der Waals surface area contributed by atoms with Crippen molar-refractivity contribution in [2.24, 2.45) is 0 Å². The highest BCUT2D eigenvalue weighted by Gasteiger charge is 2.39. The summed E-state index contributed by atoms with van der Waals surface area (Å²) >= 11 is 0. The van der Waals surface area contributed by atoms with Crippen molar-refractivity contribution in [3.05, 3.63) is 48.0 Å². The van der Waals surface area contributed by atoms with Gasteiger partial charge in [0.15, 0.2) is 0 Å². The summed E-state index contributed by atoms with van der Waals surface area (Å²) in [6, 6.07) is 15.9. The molecular weight excluding hydrogens is 304 g/mol. The van der Waals surface area contributed by atoms with Crippen LogP contribution in [-0.2, 0) is 19.7 Å². The summed E-state index contributed by atoms with van der Waals surface area (Å²) in [6.07, 6.45) is 2.03. The van der Waals surface area contributed by atoms with E-state index >= 15 is 0 Å². The van der Waals surface area contributed by atoms with Crippen LogP contribution in [0.5, 0.6) is 0 Å². The van der Waals surface area contributed by atoms with Gasteiger partial charge in [-0.15, -0.1) is 0 Å². The van der Waals surface area contributed by atoms with Crippen LogP contribution in [0.15, 0.2) is 42.5 Å². The third-order valence-corrected chi connectivity index (χ3v) is 7.05. The van der Waals surface area contributed by atoms with E-state index in [1.54, 1.807) is 0 Å². The minimum atomic E-state index is -2.52. The van der Waals surface area contributed by atoms with E-state index in [4.69, 9.17) is 13.3 Å². The standard InChI is InChI=1S/C19H28O3Si/c1-4-20-23(21-5-2,22-6-3)16-10-14-18-13-9-12-17-11-7-8-15-19(17)18/h7-9,11-13,15H,4-6,10,14,16H2,1-3H3. The quantitative estimate of drug-likeness (QED) is 0.584. The molecule has 23 heavy (non-hydrogen) atoms. The minimum absolute atomic E-state index is 0.639. The van der Waals surface area contributed by atoms with Gasteiger partial charge in [-0.25, -0.2) is 0 Å². The molecule has 0 amide bonds. The van der Waals surface area contributed by atoms with Gasteiger partial charge in [0.05, 0.1) is 0 Å². The van der Waals surface area contributed by atoms with Crippen molar-refractivity contribution >= 4 is 19.6 Å². The summed E-state index contributed by atoms with van der Waals surface area (Å²) in [5, 5.41) is 2.64. The highest BCUT2D eigenvalue weighted by atomic mass is 28.4. The lowest BCUT2D eigenvalue weighted by atomic mass is 10.0. The summed E-state index contributed by atoms with van der Waals surface area (Å²) < 4.78 is 17.8. The third-order valence-electron chi connectivity index (χ3n) is 3.90. The van der Waals surface area contributed by atoms with Crippen molar-refractivity contribution < 1.29 is 13.3 Å². The number of fused-ring (bicyclic) bond motifs is 1. The van der Waals surface area contributed by atoms with Gasteiger partial charge in [-0.05, 0) is 49.9 Å². The molecule has 0 heterocycles. The van der Waals surface area contributed by atoms with E-state index in [1.165, 1.54) is 16.3 Å². The Balaban J connectivity index is 2.05. The van der Waals surface area contributed by atoms with Crippen molar-refractivity contribution in [1.29, 1.82) is 0 Å². The van der Waals surface area contributed by atoms with E-state index in [0.717, 1.165) is 18.9 Å². The molecule has 0 radical (unpaired) electrons. The first-order chi connectivity index (χ1) is 11.2. The van der Waals surface area contributed by atoms with Crippen LogP contribution in [0.4, 0.5) is 0 Å². The largest absolute Gasteiger partial charge is 0.500 e. The molecule has 3 nitrogen and oxygen atoms in total. The zero-order valence-corrected chi connectivity index (χ0v) is 15.5. The van der Waals surface area contributed by atoms with E-state index in [9.17, 15) is 0 Å². The highest BCUT2D eigenvalue weighted by molar-refractivity contribution is 6.60. The molecule has 0 aliphatic carbocycles. The van der Waals surface area contributed by atoms with Gasteiger partial charge in [-0.2, -0.15) is 0 Å². The highest BCUT2D eigenvalue weighted by Crippen LogP contribution is 2.23. The Morgan fingerprint density at radius 2 is 1.39 bits per heavy atom. The summed E-state index contributed by atoms with van der Waals surface area (Å²) in [5.41, 5.74) is 1.38. The minimum Gasteiger partial charge on any atom is -0.374 e. The molecule has 0 aliphatic rings. The van der Waals surface area contributed by atoms with Gasteiger partial charge in [0.1, 0.15) is 0 Å². The molecule has 126 valence electrons. The lowest BCUT2D eigenvalue weighted by molar-refractivity contribution is 0.0708. The average molecular weight is 333 g/mol. The van der Waals surface area contributed by atoms with Gasteiger partial charge in [0.25, 0.3) is 0 Å². The van der Waals surface area contributed by atoms with E-state index in [2.05, 4.69) is 42.5 Å². The molecule has 2 rings (SSSR count). The number of rotatable bonds is 10. The summed E-state index contributed by atoms with van der Waals surface area (Å²) in [5.74, 6) is 0. The van der Waals surface area contributed by atoms with E-state index in [0.29, 0.717) is 19.8 Å². The number of hydrogen-bond donors (Lipinski definition) is 0. The predicted octanol–water partition coefficient (Wildman–Crippen LogP) is 4.82. The molecule has 4 heteroatoms. The second-order valence-corrected chi connectivity index (χ2v) is 8.21. The van der Waals surface area contributed by atoms with Crippen LogP contribution in [0.25, 0.3) is 10.8 Å². The van der Waals surface area contributed by atoms with Crippen molar-refractivity contribution in [1.82, 2.24) is 0 Å². The second kappa shape index (κ2) is 9.18. The van der Waals surface area contributed by atoms with Crippen molar-refractivity contribution in [2.45, 2.75) is 39.7 Å². The Morgan fingerprint density at radius 1 is 0.783 bits per heavy atom. The zero-order valence-electron chi connectivity index (χ0n) is 14.5. The van der Waals surface area contributed by atoms with E-state index < -0.39 is 8.80 Å². The molecule has 0 saturated heterocycles. The fourth-order valence-electron chi connectivity index (χ4n) is 3.01. The zero-order chi connectivity index (χ0) is 16.5. The lowest BCUT2D eigenvalue weighted by Crippen LogP contribution is -2.46. The molecule has 0 bridgehead atoms. The lowest BCUT2D eigenvalue weighted by Gasteiger charge is -2.28. The Kier molecular flexibility index (Phi) is 7.24. The predicted molar refractivity (Wildman–Crippen MR) is 97.7 cm³/mol. The molecule has 2 aromatic rings. The maximum Gasteiger partial charge on any atom is 0.500 e. The fourth-order valence-corrected chi connectivity index (χ4v) is 5.62. The molecule has 0 N–H and O–H groups in total. The van der Waals surface area contributed by atoms with Crippen LogP contribution in [0.1, 0.15) is 32.8 Å². The molecule has 0 aliphatic heterocycles. The Bertz CT molecular complexity index is 578. The summed E-state index contributed by atoms with van der Waals surface area (Å²) in [7, 11) is -2.52. The van der Waals surface area contributed by atoms with E-state index in [-0.39, 0.29) is 0 Å². The molecule has 2 aromatic carbocycles. The summed E-state index contributed by atoms with van der Waals surface area (Å²) in [4.78, 5) is 0. The van der Waals surface area contributed by atoms with Gasteiger partial charge < -0.3 is 13.3 Å². The molecule has 0 atom stereocenters. The SMILES string of the molecule is CCO[Si](CCCc1cccc2ccccc12)(OCC)OCC. The smallest absolute Gasteiger partial charge is 0.374 e. The van der Waals surface area contributed by atoms with Crippen LogP contribution >= 0.6 is 0 Å². The van der Waals surface area contributed by atoms with Crippen LogP contribution < -0.4 is 0 Å². The normalized spacial score (nSPS) is 12.0. The maximum absolute atomic E-state index is 5.93. The van der Waals surface area contributed by atoms with Crippen LogP contribution in [0, 0.1) is 0 Å². The first-order valence-electron chi connectivity index (χ1n) is 8.63. The molecule has 0 spiro atoms. The molecule has 0 unspecified atom stereocenters. The molecule has 0 fully saturated rings. The Labute approximate surface area is 140 Å². The second-order valence-electron chi connectivity index (χ2n) is 5.47. The van der Waals surface area contributed by atoms with Gasteiger partial charge in [0.2, 0.25) is 0 Å². The molecule has 0 saturated carbocycles. The number of hydrogen-bond acceptors (Lipinski definition) is 3. The monoisotopic (exact) mass is 332 g/mol. The maximum atomic E-state index is 5.93. The van der Waals surface area contributed by atoms with Gasteiger partial charge in [0, 0.05) is 25.9 Å². The van der Waals surface area contributed by atoms with Crippen molar-refractivity contribution in [3.63, 3.8) is 0 Å².